The fourth-order valence-electron chi connectivity index (χ4n) is 5.85. The van der Waals surface area contributed by atoms with E-state index in [0.717, 1.165) is 59.2 Å². The van der Waals surface area contributed by atoms with E-state index in [1.807, 2.05) is 60.1 Å². The van der Waals surface area contributed by atoms with E-state index in [0.29, 0.717) is 24.5 Å². The zero-order chi connectivity index (χ0) is 27.5. The number of aryl methyl sites for hydroxylation is 1. The maximum atomic E-state index is 13.8. The van der Waals surface area contributed by atoms with Gasteiger partial charge in [0.05, 0.1) is 26.0 Å². The molecule has 0 bridgehead atoms. The lowest BCUT2D eigenvalue weighted by molar-refractivity contribution is 0.173. The van der Waals surface area contributed by atoms with Crippen molar-refractivity contribution in [2.45, 2.75) is 64.2 Å². The van der Waals surface area contributed by atoms with Crippen LogP contribution in [0, 0.1) is 6.92 Å². The molecular formula is C31H34N6O3. The van der Waals surface area contributed by atoms with Crippen molar-refractivity contribution in [1.29, 1.82) is 0 Å². The van der Waals surface area contributed by atoms with Gasteiger partial charge < -0.3 is 14.1 Å². The molecule has 1 aliphatic rings. The second-order valence-electron chi connectivity index (χ2n) is 10.7. The van der Waals surface area contributed by atoms with Gasteiger partial charge in [0.15, 0.2) is 5.82 Å². The molecule has 9 heteroatoms. The Morgan fingerprint density at radius 2 is 1.95 bits per heavy atom. The normalized spacial score (nSPS) is 15.1. The van der Waals surface area contributed by atoms with Gasteiger partial charge in [0.2, 0.25) is 0 Å². The highest BCUT2D eigenvalue weighted by Gasteiger charge is 2.33. The van der Waals surface area contributed by atoms with Gasteiger partial charge in [0.25, 0.3) is 5.56 Å². The highest BCUT2D eigenvalue weighted by atomic mass is 16.5. The summed E-state index contributed by atoms with van der Waals surface area (Å²) in [6.45, 7) is 3.00. The molecule has 0 spiro atoms. The zero-order valence-electron chi connectivity index (χ0n) is 22.9. The minimum Gasteiger partial charge on any atom is -0.497 e. The Hall–Kier alpha value is -4.24. The quantitative estimate of drug-likeness (QED) is 0.256. The summed E-state index contributed by atoms with van der Waals surface area (Å²) in [6, 6.07) is 19.6. The molecule has 0 saturated heterocycles. The molecule has 1 atom stereocenters. The van der Waals surface area contributed by atoms with Crippen LogP contribution in [-0.4, -0.2) is 37.2 Å². The smallest absolute Gasteiger partial charge is 0.253 e. The molecule has 206 valence electrons. The SMILES string of the molecule is COc1cccc(CN(Cc2ccco2)[C@H](c2cc3ccc(C)cc3[nH]c2=O)c2nnnn2C2CCCCC2)c1. The Kier molecular flexibility index (Phi) is 7.46. The third-order valence-electron chi connectivity index (χ3n) is 7.83. The first-order valence-electron chi connectivity index (χ1n) is 13.9. The van der Waals surface area contributed by atoms with Crippen LogP contribution < -0.4 is 10.3 Å². The van der Waals surface area contributed by atoms with Crippen molar-refractivity contribution in [3.8, 4) is 5.75 Å². The van der Waals surface area contributed by atoms with Crippen LogP contribution in [0.15, 0.2) is 76.1 Å². The van der Waals surface area contributed by atoms with Crippen molar-refractivity contribution in [2.24, 2.45) is 0 Å². The van der Waals surface area contributed by atoms with Gasteiger partial charge in [-0.25, -0.2) is 4.68 Å². The molecule has 1 fully saturated rings. The lowest BCUT2D eigenvalue weighted by Gasteiger charge is -2.32. The van der Waals surface area contributed by atoms with Crippen LogP contribution in [0.3, 0.4) is 0 Å². The summed E-state index contributed by atoms with van der Waals surface area (Å²) in [5, 5.41) is 14.2. The third kappa shape index (κ3) is 5.42. The van der Waals surface area contributed by atoms with E-state index in [1.165, 1.54) is 6.42 Å². The molecule has 1 N–H and O–H groups in total. The molecule has 5 aromatic rings. The Morgan fingerprint density at radius 3 is 2.75 bits per heavy atom. The van der Waals surface area contributed by atoms with Crippen LogP contribution in [-0.2, 0) is 13.1 Å². The van der Waals surface area contributed by atoms with Gasteiger partial charge in [-0.1, -0.05) is 43.5 Å². The summed E-state index contributed by atoms with van der Waals surface area (Å²) >= 11 is 0. The van der Waals surface area contributed by atoms with Crippen molar-refractivity contribution in [2.75, 3.05) is 7.11 Å². The second kappa shape index (κ2) is 11.5. The van der Waals surface area contributed by atoms with Crippen molar-refractivity contribution < 1.29 is 9.15 Å². The van der Waals surface area contributed by atoms with E-state index in [9.17, 15) is 4.79 Å². The number of nitrogens with zero attached hydrogens (tertiary/aromatic N) is 5. The second-order valence-corrected chi connectivity index (χ2v) is 10.7. The molecule has 0 aliphatic heterocycles. The monoisotopic (exact) mass is 538 g/mol. The number of aromatic nitrogens is 5. The number of hydrogen-bond acceptors (Lipinski definition) is 7. The van der Waals surface area contributed by atoms with Crippen molar-refractivity contribution in [1.82, 2.24) is 30.1 Å². The molecule has 40 heavy (non-hydrogen) atoms. The van der Waals surface area contributed by atoms with Crippen LogP contribution >= 0.6 is 0 Å². The molecule has 3 aromatic heterocycles. The highest BCUT2D eigenvalue weighted by Crippen LogP contribution is 2.35. The van der Waals surface area contributed by atoms with Crippen LogP contribution in [0.4, 0.5) is 0 Å². The maximum Gasteiger partial charge on any atom is 0.253 e. The Bertz CT molecular complexity index is 1630. The van der Waals surface area contributed by atoms with Gasteiger partial charge >= 0.3 is 0 Å². The summed E-state index contributed by atoms with van der Waals surface area (Å²) in [7, 11) is 1.66. The molecule has 0 radical (unpaired) electrons. The first kappa shape index (κ1) is 26.0. The van der Waals surface area contributed by atoms with E-state index < -0.39 is 6.04 Å². The molecule has 0 amide bonds. The third-order valence-corrected chi connectivity index (χ3v) is 7.83. The summed E-state index contributed by atoms with van der Waals surface area (Å²) in [5.74, 6) is 2.23. The average Bonchev–Trinajstić information content (AvgIpc) is 3.67. The predicted octanol–water partition coefficient (Wildman–Crippen LogP) is 5.72. The molecular weight excluding hydrogens is 504 g/mol. The van der Waals surface area contributed by atoms with E-state index >= 15 is 0 Å². The number of ether oxygens (including phenoxy) is 1. The van der Waals surface area contributed by atoms with Crippen molar-refractivity contribution >= 4 is 10.9 Å². The van der Waals surface area contributed by atoms with E-state index in [2.05, 4.69) is 37.5 Å². The number of benzene rings is 2. The van der Waals surface area contributed by atoms with Crippen molar-refractivity contribution in [3.63, 3.8) is 0 Å². The number of furan rings is 1. The fourth-order valence-corrected chi connectivity index (χ4v) is 5.85. The van der Waals surface area contributed by atoms with Gasteiger partial charge in [-0.3, -0.25) is 9.69 Å². The number of hydrogen-bond donors (Lipinski definition) is 1. The van der Waals surface area contributed by atoms with Crippen LogP contribution in [0.5, 0.6) is 5.75 Å². The minimum atomic E-state index is -0.525. The number of rotatable bonds is 9. The molecule has 9 nitrogen and oxygen atoms in total. The van der Waals surface area contributed by atoms with Gasteiger partial charge in [0.1, 0.15) is 17.6 Å². The Morgan fingerprint density at radius 1 is 1.07 bits per heavy atom. The molecule has 0 unspecified atom stereocenters. The molecule has 1 saturated carbocycles. The highest BCUT2D eigenvalue weighted by molar-refractivity contribution is 5.79. The van der Waals surface area contributed by atoms with Gasteiger partial charge in [-0.15, -0.1) is 5.10 Å². The number of tetrazole rings is 1. The first-order valence-corrected chi connectivity index (χ1v) is 13.9. The number of aromatic amines is 1. The minimum absolute atomic E-state index is 0.156. The Labute approximate surface area is 232 Å². The molecule has 1 aliphatic carbocycles. The van der Waals surface area contributed by atoms with Crippen LogP contribution in [0.2, 0.25) is 0 Å². The predicted molar refractivity (Wildman–Crippen MR) is 152 cm³/mol. The van der Waals surface area contributed by atoms with Gasteiger partial charge in [0, 0.05) is 17.6 Å². The fraction of sp³-hybridized carbons (Fsp3) is 0.355. The number of pyridine rings is 1. The zero-order valence-corrected chi connectivity index (χ0v) is 22.9. The molecule has 3 heterocycles. The Balaban J connectivity index is 1.52. The number of H-pyrrole nitrogens is 1. The van der Waals surface area contributed by atoms with Gasteiger partial charge in [-0.05, 0) is 83.1 Å². The summed E-state index contributed by atoms with van der Waals surface area (Å²) in [4.78, 5) is 19.2. The topological polar surface area (TPSA) is 102 Å². The largest absolute Gasteiger partial charge is 0.497 e. The molecule has 6 rings (SSSR count). The standard InChI is InChI=1S/C31H34N6O3/c1-21-13-14-23-18-27(31(38)32-28(23)16-21)29(30-33-34-35-37(30)24-9-4-3-5-10-24)36(20-26-12-7-15-40-26)19-22-8-6-11-25(17-22)39-2/h6-8,11-18,24,29H,3-5,9-10,19-20H2,1-2H3,(H,32,38)/t29-/m1/s1. The van der Waals surface area contributed by atoms with Crippen molar-refractivity contribution in [3.05, 3.63) is 106 Å². The van der Waals surface area contributed by atoms with E-state index in [-0.39, 0.29) is 11.6 Å². The van der Waals surface area contributed by atoms with Crippen LogP contribution in [0.25, 0.3) is 10.9 Å². The molecule has 2 aromatic carbocycles. The average molecular weight is 539 g/mol. The lowest BCUT2D eigenvalue weighted by atomic mass is 9.95. The summed E-state index contributed by atoms with van der Waals surface area (Å²) in [5.41, 5.74) is 3.38. The number of nitrogens with one attached hydrogen (secondary N) is 1. The van der Waals surface area contributed by atoms with E-state index in [1.54, 1.807) is 13.4 Å². The lowest BCUT2D eigenvalue weighted by Crippen LogP contribution is -2.35. The first-order chi connectivity index (χ1) is 19.6. The number of fused-ring (bicyclic) bond motifs is 1. The van der Waals surface area contributed by atoms with Crippen LogP contribution in [0.1, 0.15) is 72.5 Å². The van der Waals surface area contributed by atoms with E-state index in [4.69, 9.17) is 9.15 Å². The van der Waals surface area contributed by atoms with Gasteiger partial charge in [-0.2, -0.15) is 0 Å². The summed E-state index contributed by atoms with van der Waals surface area (Å²) < 4.78 is 13.3. The maximum absolute atomic E-state index is 13.8. The summed E-state index contributed by atoms with van der Waals surface area (Å²) in [6.07, 6.45) is 7.22. The number of methoxy groups -OCH3 is 1.